The van der Waals surface area contributed by atoms with Crippen LogP contribution in [-0.4, -0.2) is 47.8 Å². The van der Waals surface area contributed by atoms with Crippen molar-refractivity contribution in [3.63, 3.8) is 0 Å². The van der Waals surface area contributed by atoms with Crippen LogP contribution in [0.15, 0.2) is 24.3 Å². The molecule has 0 bridgehead atoms. The van der Waals surface area contributed by atoms with Crippen LogP contribution in [0.1, 0.15) is 26.3 Å². The zero-order valence-corrected chi connectivity index (χ0v) is 14.9. The number of carbonyl (C=O) groups is 2. The number of hydroxylamine groups is 2. The van der Waals surface area contributed by atoms with Crippen molar-refractivity contribution in [2.24, 2.45) is 0 Å². The summed E-state index contributed by atoms with van der Waals surface area (Å²) in [6.45, 7) is 5.06. The maximum absolute atomic E-state index is 12.4. The van der Waals surface area contributed by atoms with Crippen LogP contribution < -0.4 is 5.32 Å². The predicted molar refractivity (Wildman–Crippen MR) is 89.7 cm³/mol. The Balaban J connectivity index is 3.05. The highest BCUT2D eigenvalue weighted by Crippen LogP contribution is 2.20. The fraction of sp³-hybridized carbons (Fsp3) is 0.500. The molecule has 1 atom stereocenters. The summed E-state index contributed by atoms with van der Waals surface area (Å²) in [6.07, 6.45) is -0.878. The smallest absolute Gasteiger partial charge is 0.408 e. The lowest BCUT2D eigenvalue weighted by Crippen LogP contribution is -2.49. The molecule has 1 N–H and O–H groups in total. The van der Waals surface area contributed by atoms with E-state index in [0.29, 0.717) is 5.56 Å². The van der Waals surface area contributed by atoms with Gasteiger partial charge in [0, 0.05) is 25.1 Å². The van der Waals surface area contributed by atoms with Crippen LogP contribution >= 0.6 is 0 Å². The van der Waals surface area contributed by atoms with Gasteiger partial charge in [-0.05, 0) is 20.8 Å². The first-order chi connectivity index (χ1) is 11.5. The van der Waals surface area contributed by atoms with Crippen LogP contribution in [0.3, 0.4) is 0 Å². The lowest BCUT2D eigenvalue weighted by atomic mass is 10.0. The number of hydrogen-bond acceptors (Lipinski definition) is 6. The summed E-state index contributed by atoms with van der Waals surface area (Å²) in [7, 11) is 2.68. The SMILES string of the molecule is CON(C)C(=O)[C@H](Cc1ccccc1[N+](=O)[O-])NC(=O)OC(C)(C)C. The second kappa shape index (κ2) is 8.43. The first kappa shape index (κ1) is 20.4. The van der Waals surface area contributed by atoms with Gasteiger partial charge in [0.05, 0.1) is 12.0 Å². The van der Waals surface area contributed by atoms with Crippen LogP contribution in [0.25, 0.3) is 0 Å². The van der Waals surface area contributed by atoms with Gasteiger partial charge in [-0.2, -0.15) is 0 Å². The van der Waals surface area contributed by atoms with Crippen molar-refractivity contribution >= 4 is 17.7 Å². The lowest BCUT2D eigenvalue weighted by Gasteiger charge is -2.25. The van der Waals surface area contributed by atoms with Crippen LogP contribution in [-0.2, 0) is 20.8 Å². The van der Waals surface area contributed by atoms with Crippen molar-refractivity contribution in [1.29, 1.82) is 0 Å². The molecule has 0 aromatic heterocycles. The summed E-state index contributed by atoms with van der Waals surface area (Å²) in [6, 6.07) is 4.94. The predicted octanol–water partition coefficient (Wildman–Crippen LogP) is 2.05. The summed E-state index contributed by atoms with van der Waals surface area (Å²) in [5.74, 6) is -0.563. The van der Waals surface area contributed by atoms with E-state index in [0.717, 1.165) is 5.06 Å². The van der Waals surface area contributed by atoms with E-state index in [1.54, 1.807) is 26.8 Å². The van der Waals surface area contributed by atoms with Gasteiger partial charge in [0.1, 0.15) is 11.6 Å². The number of benzene rings is 1. The van der Waals surface area contributed by atoms with E-state index in [2.05, 4.69) is 5.32 Å². The summed E-state index contributed by atoms with van der Waals surface area (Å²) in [5.41, 5.74) is -0.568. The molecular formula is C16H23N3O6. The molecule has 9 heteroatoms. The molecule has 0 heterocycles. The number of amides is 2. The molecule has 1 rings (SSSR count). The van der Waals surface area contributed by atoms with E-state index < -0.39 is 28.6 Å². The van der Waals surface area contributed by atoms with Crippen LogP contribution in [0.2, 0.25) is 0 Å². The van der Waals surface area contributed by atoms with Crippen LogP contribution in [0.4, 0.5) is 10.5 Å². The molecule has 0 radical (unpaired) electrons. The molecule has 2 amide bonds. The molecule has 138 valence electrons. The van der Waals surface area contributed by atoms with Crippen molar-refractivity contribution in [3.8, 4) is 0 Å². The first-order valence-corrected chi connectivity index (χ1v) is 7.58. The van der Waals surface area contributed by atoms with Gasteiger partial charge in [-0.1, -0.05) is 18.2 Å². The number of nitro groups is 1. The minimum absolute atomic E-state index is 0.0804. The zero-order chi connectivity index (χ0) is 19.2. The second-order valence-electron chi connectivity index (χ2n) is 6.31. The quantitative estimate of drug-likeness (QED) is 0.619. The molecule has 0 unspecified atom stereocenters. The molecule has 9 nitrogen and oxygen atoms in total. The molecule has 0 saturated heterocycles. The Morgan fingerprint density at radius 1 is 1.32 bits per heavy atom. The third-order valence-electron chi connectivity index (χ3n) is 3.19. The molecule has 0 spiro atoms. The Kier molecular flexibility index (Phi) is 6.86. The maximum atomic E-state index is 12.4. The maximum Gasteiger partial charge on any atom is 0.408 e. The van der Waals surface area contributed by atoms with Crippen molar-refractivity contribution < 1.29 is 24.1 Å². The number of nitrogens with one attached hydrogen (secondary N) is 1. The van der Waals surface area contributed by atoms with E-state index in [9.17, 15) is 19.7 Å². The number of nitro benzene ring substituents is 1. The zero-order valence-electron chi connectivity index (χ0n) is 14.9. The molecule has 25 heavy (non-hydrogen) atoms. The van der Waals surface area contributed by atoms with Crippen molar-refractivity contribution in [3.05, 3.63) is 39.9 Å². The average molecular weight is 353 g/mol. The van der Waals surface area contributed by atoms with Crippen LogP contribution in [0.5, 0.6) is 0 Å². The molecular weight excluding hydrogens is 330 g/mol. The number of hydrogen-bond donors (Lipinski definition) is 1. The van der Waals surface area contributed by atoms with E-state index >= 15 is 0 Å². The number of ether oxygens (including phenoxy) is 1. The van der Waals surface area contributed by atoms with Gasteiger partial charge in [-0.3, -0.25) is 19.7 Å². The normalized spacial score (nSPS) is 12.2. The summed E-state index contributed by atoms with van der Waals surface area (Å²) < 4.78 is 5.15. The Morgan fingerprint density at radius 2 is 1.92 bits per heavy atom. The van der Waals surface area contributed by atoms with Crippen molar-refractivity contribution in [2.75, 3.05) is 14.2 Å². The number of likely N-dealkylation sites (N-methyl/N-ethyl adjacent to an activating group) is 1. The van der Waals surface area contributed by atoms with Gasteiger partial charge in [0.15, 0.2) is 0 Å². The van der Waals surface area contributed by atoms with E-state index in [-0.39, 0.29) is 12.1 Å². The van der Waals surface area contributed by atoms with E-state index in [1.807, 2.05) is 0 Å². The van der Waals surface area contributed by atoms with Gasteiger partial charge >= 0.3 is 6.09 Å². The van der Waals surface area contributed by atoms with Crippen molar-refractivity contribution in [2.45, 2.75) is 38.8 Å². The monoisotopic (exact) mass is 353 g/mol. The van der Waals surface area contributed by atoms with Gasteiger partial charge in [0.2, 0.25) is 0 Å². The van der Waals surface area contributed by atoms with Gasteiger partial charge in [0.25, 0.3) is 11.6 Å². The summed E-state index contributed by atoms with van der Waals surface area (Å²) >= 11 is 0. The standard InChI is InChI=1S/C16H23N3O6/c1-16(2,3)25-15(21)17-12(14(20)18(4)24-5)10-11-8-6-7-9-13(11)19(22)23/h6-9,12H,10H2,1-5H3,(H,17,21)/t12-/m0/s1. The highest BCUT2D eigenvalue weighted by atomic mass is 16.7. The Bertz CT molecular complexity index is 641. The first-order valence-electron chi connectivity index (χ1n) is 7.58. The largest absolute Gasteiger partial charge is 0.444 e. The second-order valence-corrected chi connectivity index (χ2v) is 6.31. The molecule has 0 aliphatic rings. The topological polar surface area (TPSA) is 111 Å². The van der Waals surface area contributed by atoms with Gasteiger partial charge in [-0.25, -0.2) is 9.86 Å². The molecule has 1 aromatic rings. The number of alkyl carbamates (subject to hydrolysis) is 1. The molecule has 0 aliphatic carbocycles. The Morgan fingerprint density at radius 3 is 2.44 bits per heavy atom. The number of carbonyl (C=O) groups excluding carboxylic acids is 2. The molecule has 1 aromatic carbocycles. The molecule has 0 fully saturated rings. The number of nitrogens with zero attached hydrogens (tertiary/aromatic N) is 2. The van der Waals surface area contributed by atoms with Gasteiger partial charge < -0.3 is 10.1 Å². The fourth-order valence-electron chi connectivity index (χ4n) is 2.04. The highest BCUT2D eigenvalue weighted by molar-refractivity contribution is 5.85. The summed E-state index contributed by atoms with van der Waals surface area (Å²) in [5, 5.41) is 14.5. The third kappa shape index (κ3) is 6.38. The minimum atomic E-state index is -1.08. The third-order valence-corrected chi connectivity index (χ3v) is 3.19. The van der Waals surface area contributed by atoms with Crippen molar-refractivity contribution in [1.82, 2.24) is 10.4 Å². The highest BCUT2D eigenvalue weighted by Gasteiger charge is 2.29. The fourth-order valence-corrected chi connectivity index (χ4v) is 2.04. The molecule has 0 aliphatic heterocycles. The van der Waals surface area contributed by atoms with Gasteiger partial charge in [-0.15, -0.1) is 0 Å². The minimum Gasteiger partial charge on any atom is -0.444 e. The number of rotatable bonds is 6. The number of para-hydroxylation sites is 1. The lowest BCUT2D eigenvalue weighted by molar-refractivity contribution is -0.385. The Labute approximate surface area is 146 Å². The molecule has 0 saturated carbocycles. The van der Waals surface area contributed by atoms with E-state index in [1.165, 1.54) is 32.4 Å². The average Bonchev–Trinajstić information content (AvgIpc) is 2.51. The summed E-state index contributed by atoms with van der Waals surface area (Å²) in [4.78, 5) is 39.9. The van der Waals surface area contributed by atoms with E-state index in [4.69, 9.17) is 9.57 Å². The van der Waals surface area contributed by atoms with Crippen LogP contribution in [0, 0.1) is 10.1 Å². The Hall–Kier alpha value is -2.68.